The summed E-state index contributed by atoms with van der Waals surface area (Å²) in [5, 5.41) is 7.38. The molecule has 0 aromatic heterocycles. The first-order valence-corrected chi connectivity index (χ1v) is 5.51. The number of nitrogens with two attached hydrogens (primary N) is 1. The second-order valence-corrected chi connectivity index (χ2v) is 4.41. The van der Waals surface area contributed by atoms with Crippen LogP contribution in [0.1, 0.15) is 0 Å². The van der Waals surface area contributed by atoms with E-state index in [1.54, 1.807) is 0 Å². The van der Waals surface area contributed by atoms with Gasteiger partial charge in [-0.25, -0.2) is 4.90 Å². The first kappa shape index (κ1) is 11.5. The van der Waals surface area contributed by atoms with Gasteiger partial charge in [-0.3, -0.25) is 14.4 Å². The summed E-state index contributed by atoms with van der Waals surface area (Å²) >= 11 is 0.589. The van der Waals surface area contributed by atoms with Gasteiger partial charge in [-0.05, 0) is 36.0 Å². The first-order valence-electron chi connectivity index (χ1n) is 4.63. The second kappa shape index (κ2) is 4.10. The number of phenols is 1. The quantitative estimate of drug-likeness (QED) is 0.744. The average Bonchev–Trinajstić information content (AvgIpc) is 2.56. The lowest BCUT2D eigenvalue weighted by Crippen LogP contribution is -2.37. The smallest absolute Gasteiger partial charge is 0.294 e. The molecular formula is C10H8N2O4S. The van der Waals surface area contributed by atoms with E-state index in [-0.39, 0.29) is 5.75 Å². The Morgan fingerprint density at radius 1 is 1.29 bits per heavy atom. The molecule has 0 spiro atoms. The van der Waals surface area contributed by atoms with Crippen molar-refractivity contribution < 1.29 is 19.5 Å². The van der Waals surface area contributed by atoms with Gasteiger partial charge >= 0.3 is 0 Å². The largest absolute Gasteiger partial charge is 0.508 e. The number of primary amides is 1. The van der Waals surface area contributed by atoms with Gasteiger partial charge in [-0.2, -0.15) is 0 Å². The topological polar surface area (TPSA) is 101 Å². The van der Waals surface area contributed by atoms with Crippen LogP contribution in [0.3, 0.4) is 0 Å². The molecule has 0 saturated carbocycles. The molecule has 1 aromatic rings. The van der Waals surface area contributed by atoms with E-state index in [4.69, 9.17) is 10.8 Å². The van der Waals surface area contributed by atoms with E-state index in [9.17, 15) is 14.4 Å². The molecular weight excluding hydrogens is 244 g/mol. The van der Waals surface area contributed by atoms with E-state index in [0.717, 1.165) is 4.90 Å². The van der Waals surface area contributed by atoms with Gasteiger partial charge < -0.3 is 10.8 Å². The number of phenolic OH excluding ortho intramolecular Hbond substituents is 1. The molecule has 1 fully saturated rings. The number of anilines is 1. The van der Waals surface area contributed by atoms with Gasteiger partial charge in [-0.1, -0.05) is 0 Å². The summed E-state index contributed by atoms with van der Waals surface area (Å²) in [7, 11) is 0. The van der Waals surface area contributed by atoms with Crippen molar-refractivity contribution in [3.05, 3.63) is 24.3 Å². The number of aromatic hydroxyl groups is 1. The molecule has 1 saturated heterocycles. The number of carbonyl (C=O) groups excluding carboxylic acids is 3. The maximum absolute atomic E-state index is 11.8. The van der Waals surface area contributed by atoms with E-state index in [0.29, 0.717) is 17.4 Å². The lowest BCUT2D eigenvalue weighted by molar-refractivity contribution is -0.124. The maximum atomic E-state index is 11.8. The number of benzene rings is 1. The standard InChI is InChI=1S/C10H8N2O4S/c11-8(14)7-9(15)12(10(16)17-7)5-1-3-6(13)4-2-5/h1-4,7,13H,(H2,11,14)/t7-/m0/s1. The SMILES string of the molecule is NC(=O)[C@@H]1SC(=O)N(c2ccc(O)cc2)C1=O. The Morgan fingerprint density at radius 2 is 1.88 bits per heavy atom. The molecule has 3 N–H and O–H groups in total. The summed E-state index contributed by atoms with van der Waals surface area (Å²) in [5.41, 5.74) is 5.32. The van der Waals surface area contributed by atoms with Crippen molar-refractivity contribution in [2.45, 2.75) is 5.25 Å². The molecule has 1 atom stereocenters. The number of thioether (sulfide) groups is 1. The van der Waals surface area contributed by atoms with Crippen molar-refractivity contribution in [1.82, 2.24) is 0 Å². The molecule has 1 aliphatic heterocycles. The monoisotopic (exact) mass is 252 g/mol. The van der Waals surface area contributed by atoms with Crippen LogP contribution in [0.2, 0.25) is 0 Å². The minimum Gasteiger partial charge on any atom is -0.508 e. The molecule has 17 heavy (non-hydrogen) atoms. The Bertz CT molecular complexity index is 500. The van der Waals surface area contributed by atoms with E-state index >= 15 is 0 Å². The highest BCUT2D eigenvalue weighted by Gasteiger charge is 2.43. The lowest BCUT2D eigenvalue weighted by Gasteiger charge is -2.12. The van der Waals surface area contributed by atoms with Crippen molar-refractivity contribution in [2.24, 2.45) is 5.73 Å². The van der Waals surface area contributed by atoms with Gasteiger partial charge in [0.05, 0.1) is 5.69 Å². The number of rotatable bonds is 2. The molecule has 0 unspecified atom stereocenters. The third-order valence-electron chi connectivity index (χ3n) is 2.21. The van der Waals surface area contributed by atoms with Crippen LogP contribution in [0.5, 0.6) is 5.75 Å². The molecule has 1 heterocycles. The average molecular weight is 252 g/mol. The van der Waals surface area contributed by atoms with E-state index in [2.05, 4.69) is 0 Å². The maximum Gasteiger partial charge on any atom is 0.294 e. The van der Waals surface area contributed by atoms with Crippen LogP contribution in [0.15, 0.2) is 24.3 Å². The normalized spacial score (nSPS) is 19.8. The van der Waals surface area contributed by atoms with E-state index in [1.807, 2.05) is 0 Å². The molecule has 3 amide bonds. The number of nitrogens with zero attached hydrogens (tertiary/aromatic N) is 1. The van der Waals surface area contributed by atoms with Crippen molar-refractivity contribution in [3.8, 4) is 5.75 Å². The van der Waals surface area contributed by atoms with Crippen LogP contribution < -0.4 is 10.6 Å². The predicted octanol–water partition coefficient (Wildman–Crippen LogP) is 0.446. The minimum absolute atomic E-state index is 0.0203. The lowest BCUT2D eigenvalue weighted by atomic mass is 10.2. The van der Waals surface area contributed by atoms with Crippen LogP contribution in [-0.4, -0.2) is 27.4 Å². The number of amides is 3. The fourth-order valence-corrected chi connectivity index (χ4v) is 2.25. The van der Waals surface area contributed by atoms with Gasteiger partial charge in [0.25, 0.3) is 11.1 Å². The molecule has 2 rings (SSSR count). The van der Waals surface area contributed by atoms with Gasteiger partial charge in [-0.15, -0.1) is 0 Å². The molecule has 1 aromatic carbocycles. The number of hydrogen-bond donors (Lipinski definition) is 2. The third kappa shape index (κ3) is 1.96. The molecule has 0 bridgehead atoms. The number of hydrogen-bond acceptors (Lipinski definition) is 5. The molecule has 0 radical (unpaired) electrons. The van der Waals surface area contributed by atoms with E-state index in [1.165, 1.54) is 24.3 Å². The number of carbonyl (C=O) groups is 3. The summed E-state index contributed by atoms with van der Waals surface area (Å²) in [6.45, 7) is 0. The van der Waals surface area contributed by atoms with Crippen molar-refractivity contribution in [3.63, 3.8) is 0 Å². The van der Waals surface area contributed by atoms with Crippen LogP contribution >= 0.6 is 11.8 Å². The highest BCUT2D eigenvalue weighted by molar-refractivity contribution is 8.16. The van der Waals surface area contributed by atoms with Gasteiger partial charge in [0.15, 0.2) is 5.25 Å². The Hall–Kier alpha value is -2.02. The Balaban J connectivity index is 2.33. The highest BCUT2D eigenvalue weighted by Crippen LogP contribution is 2.32. The first-order chi connectivity index (χ1) is 8.00. The zero-order valence-electron chi connectivity index (χ0n) is 8.49. The van der Waals surface area contributed by atoms with Crippen molar-refractivity contribution >= 4 is 34.5 Å². The third-order valence-corrected chi connectivity index (χ3v) is 3.27. The second-order valence-electron chi connectivity index (χ2n) is 3.36. The van der Waals surface area contributed by atoms with Crippen LogP contribution in [0.25, 0.3) is 0 Å². The molecule has 1 aliphatic rings. The fraction of sp³-hybridized carbons (Fsp3) is 0.100. The Labute approximate surface area is 100 Å². The molecule has 7 heteroatoms. The predicted molar refractivity (Wildman–Crippen MR) is 61.6 cm³/mol. The highest BCUT2D eigenvalue weighted by atomic mass is 32.2. The fourth-order valence-electron chi connectivity index (χ4n) is 1.43. The Kier molecular flexibility index (Phi) is 2.76. The van der Waals surface area contributed by atoms with Gasteiger partial charge in [0, 0.05) is 0 Å². The summed E-state index contributed by atoms with van der Waals surface area (Å²) in [5.74, 6) is -1.47. The van der Waals surface area contributed by atoms with Crippen molar-refractivity contribution in [2.75, 3.05) is 4.90 Å². The molecule has 88 valence electrons. The summed E-state index contributed by atoms with van der Waals surface area (Å²) < 4.78 is 0. The zero-order valence-corrected chi connectivity index (χ0v) is 9.31. The molecule has 6 nitrogen and oxygen atoms in total. The van der Waals surface area contributed by atoms with Crippen LogP contribution in [0, 0.1) is 0 Å². The number of imide groups is 1. The minimum atomic E-state index is -1.17. The summed E-state index contributed by atoms with van der Waals surface area (Å²) in [6.07, 6.45) is 0. The van der Waals surface area contributed by atoms with Crippen LogP contribution in [0.4, 0.5) is 10.5 Å². The summed E-state index contributed by atoms with van der Waals surface area (Å²) in [6, 6.07) is 5.51. The van der Waals surface area contributed by atoms with E-state index < -0.39 is 22.3 Å². The zero-order chi connectivity index (χ0) is 12.6. The van der Waals surface area contributed by atoms with Crippen molar-refractivity contribution in [1.29, 1.82) is 0 Å². The van der Waals surface area contributed by atoms with Gasteiger partial charge in [0.2, 0.25) is 5.91 Å². The summed E-state index contributed by atoms with van der Waals surface area (Å²) in [4.78, 5) is 35.2. The molecule has 0 aliphatic carbocycles. The Morgan fingerprint density at radius 3 is 2.35 bits per heavy atom. The van der Waals surface area contributed by atoms with Gasteiger partial charge in [0.1, 0.15) is 5.75 Å². The van der Waals surface area contributed by atoms with Crippen LogP contribution in [-0.2, 0) is 9.59 Å².